The highest BCUT2D eigenvalue weighted by atomic mass is 16.5. The minimum absolute atomic E-state index is 0.744. The molecule has 1 heterocycles. The molecule has 0 saturated carbocycles. The summed E-state index contributed by atoms with van der Waals surface area (Å²) in [5, 5.41) is 3.43. The maximum absolute atomic E-state index is 5.37. The van der Waals surface area contributed by atoms with Crippen molar-refractivity contribution >= 4 is 5.96 Å². The molecule has 1 aliphatic heterocycles. The standard InChI is InChI=1S/C19H31N3O2/c1-5-20-19(22-12-6-7-15(2)14-22)21-11-10-16-8-9-17(23-3)18(13-16)24-4/h8-9,13,15H,5-7,10-12,14H2,1-4H3,(H,20,21). The van der Waals surface area contributed by atoms with E-state index in [2.05, 4.69) is 30.1 Å². The van der Waals surface area contributed by atoms with Crippen LogP contribution in [0.3, 0.4) is 0 Å². The van der Waals surface area contributed by atoms with Crippen LogP contribution in [0.15, 0.2) is 23.2 Å². The van der Waals surface area contributed by atoms with Crippen molar-refractivity contribution in [1.82, 2.24) is 10.2 Å². The van der Waals surface area contributed by atoms with Gasteiger partial charge in [-0.1, -0.05) is 13.0 Å². The summed E-state index contributed by atoms with van der Waals surface area (Å²) in [4.78, 5) is 7.22. The van der Waals surface area contributed by atoms with E-state index in [1.165, 1.54) is 18.4 Å². The molecule has 134 valence electrons. The van der Waals surface area contributed by atoms with Gasteiger partial charge in [-0.2, -0.15) is 0 Å². The van der Waals surface area contributed by atoms with Gasteiger partial charge >= 0.3 is 0 Å². The molecule has 1 unspecified atom stereocenters. The van der Waals surface area contributed by atoms with Crippen LogP contribution in [0.25, 0.3) is 0 Å². The topological polar surface area (TPSA) is 46.1 Å². The Labute approximate surface area is 146 Å². The quantitative estimate of drug-likeness (QED) is 0.642. The van der Waals surface area contributed by atoms with Crippen molar-refractivity contribution in [3.63, 3.8) is 0 Å². The Kier molecular flexibility index (Phi) is 7.22. The normalized spacial score (nSPS) is 18.4. The number of likely N-dealkylation sites (tertiary alicyclic amines) is 1. The summed E-state index contributed by atoms with van der Waals surface area (Å²) in [6, 6.07) is 6.06. The van der Waals surface area contributed by atoms with E-state index in [1.54, 1.807) is 14.2 Å². The first-order valence-corrected chi connectivity index (χ1v) is 8.92. The maximum atomic E-state index is 5.37. The smallest absolute Gasteiger partial charge is 0.193 e. The SMILES string of the molecule is CCNC(=NCCc1ccc(OC)c(OC)c1)N1CCCC(C)C1. The Hall–Kier alpha value is -1.91. The van der Waals surface area contributed by atoms with Crippen LogP contribution in [-0.2, 0) is 6.42 Å². The Bertz CT molecular complexity index is 545. The van der Waals surface area contributed by atoms with Gasteiger partial charge in [-0.25, -0.2) is 0 Å². The summed E-state index contributed by atoms with van der Waals surface area (Å²) in [5.74, 6) is 3.33. The van der Waals surface area contributed by atoms with E-state index in [1.807, 2.05) is 12.1 Å². The molecule has 0 aliphatic carbocycles. The number of hydrogen-bond acceptors (Lipinski definition) is 3. The van der Waals surface area contributed by atoms with Gasteiger partial charge in [0.15, 0.2) is 17.5 Å². The predicted octanol–water partition coefficient (Wildman–Crippen LogP) is 2.94. The van der Waals surface area contributed by atoms with E-state index >= 15 is 0 Å². The molecule has 5 heteroatoms. The first-order valence-electron chi connectivity index (χ1n) is 8.92. The van der Waals surface area contributed by atoms with Crippen molar-refractivity contribution < 1.29 is 9.47 Å². The number of benzene rings is 1. The number of aliphatic imine (C=N–C) groups is 1. The number of ether oxygens (including phenoxy) is 2. The molecule has 1 atom stereocenters. The minimum Gasteiger partial charge on any atom is -0.493 e. The van der Waals surface area contributed by atoms with Crippen LogP contribution in [0.5, 0.6) is 11.5 Å². The van der Waals surface area contributed by atoms with Crippen LogP contribution in [0, 0.1) is 5.92 Å². The highest BCUT2D eigenvalue weighted by molar-refractivity contribution is 5.80. The van der Waals surface area contributed by atoms with Gasteiger partial charge < -0.3 is 19.7 Å². The maximum Gasteiger partial charge on any atom is 0.193 e. The van der Waals surface area contributed by atoms with E-state index < -0.39 is 0 Å². The molecule has 0 bridgehead atoms. The number of nitrogens with zero attached hydrogens (tertiary/aromatic N) is 2. The first kappa shape index (κ1) is 18.4. The van der Waals surface area contributed by atoms with E-state index in [4.69, 9.17) is 14.5 Å². The second-order valence-electron chi connectivity index (χ2n) is 6.37. The molecule has 0 aromatic heterocycles. The fourth-order valence-electron chi connectivity index (χ4n) is 3.13. The molecule has 1 aromatic rings. The van der Waals surface area contributed by atoms with Gasteiger partial charge in [0.25, 0.3) is 0 Å². The Balaban J connectivity index is 1.99. The van der Waals surface area contributed by atoms with E-state index in [0.717, 1.165) is 56.0 Å². The third kappa shape index (κ3) is 5.05. The molecule has 1 aliphatic rings. The third-order valence-corrected chi connectivity index (χ3v) is 4.40. The molecular formula is C19H31N3O2. The summed E-state index contributed by atoms with van der Waals surface area (Å²) >= 11 is 0. The Morgan fingerprint density at radius 2 is 2.08 bits per heavy atom. The number of nitrogens with one attached hydrogen (secondary N) is 1. The molecule has 0 radical (unpaired) electrons. The monoisotopic (exact) mass is 333 g/mol. The van der Waals surface area contributed by atoms with E-state index in [0.29, 0.717) is 0 Å². The zero-order valence-corrected chi connectivity index (χ0v) is 15.5. The molecular weight excluding hydrogens is 302 g/mol. The highest BCUT2D eigenvalue weighted by Gasteiger charge is 2.18. The highest BCUT2D eigenvalue weighted by Crippen LogP contribution is 2.27. The van der Waals surface area contributed by atoms with Crippen molar-refractivity contribution in [2.75, 3.05) is 40.4 Å². The average Bonchev–Trinajstić information content (AvgIpc) is 2.60. The summed E-state index contributed by atoms with van der Waals surface area (Å²) < 4.78 is 10.7. The number of methoxy groups -OCH3 is 2. The number of piperidine rings is 1. The lowest BCUT2D eigenvalue weighted by atomic mass is 10.0. The average molecular weight is 333 g/mol. The van der Waals surface area contributed by atoms with Crippen molar-refractivity contribution in [3.8, 4) is 11.5 Å². The molecule has 1 N–H and O–H groups in total. The van der Waals surface area contributed by atoms with Gasteiger partial charge in [-0.3, -0.25) is 4.99 Å². The molecule has 0 spiro atoms. The van der Waals surface area contributed by atoms with Crippen LogP contribution in [0.1, 0.15) is 32.3 Å². The van der Waals surface area contributed by atoms with Crippen molar-refractivity contribution in [2.24, 2.45) is 10.9 Å². The molecule has 0 amide bonds. The molecule has 1 aromatic carbocycles. The predicted molar refractivity (Wildman–Crippen MR) is 99.2 cm³/mol. The zero-order valence-electron chi connectivity index (χ0n) is 15.5. The van der Waals surface area contributed by atoms with Crippen LogP contribution in [0.2, 0.25) is 0 Å². The molecule has 5 nitrogen and oxygen atoms in total. The van der Waals surface area contributed by atoms with Crippen molar-refractivity contribution in [2.45, 2.75) is 33.1 Å². The second kappa shape index (κ2) is 9.40. The number of guanidine groups is 1. The molecule has 24 heavy (non-hydrogen) atoms. The lowest BCUT2D eigenvalue weighted by Crippen LogP contribution is -2.46. The number of rotatable bonds is 6. The summed E-state index contributed by atoms with van der Waals surface area (Å²) in [7, 11) is 3.32. The van der Waals surface area contributed by atoms with Crippen LogP contribution in [-0.4, -0.2) is 51.3 Å². The number of hydrogen-bond donors (Lipinski definition) is 1. The van der Waals surface area contributed by atoms with E-state index in [9.17, 15) is 0 Å². The molecule has 2 rings (SSSR count). The summed E-state index contributed by atoms with van der Waals surface area (Å²) in [5.41, 5.74) is 1.21. The van der Waals surface area contributed by atoms with Gasteiger partial charge in [0.2, 0.25) is 0 Å². The second-order valence-corrected chi connectivity index (χ2v) is 6.37. The first-order chi connectivity index (χ1) is 11.7. The van der Waals surface area contributed by atoms with Gasteiger partial charge in [-0.05, 0) is 49.8 Å². The van der Waals surface area contributed by atoms with Gasteiger partial charge in [-0.15, -0.1) is 0 Å². The summed E-state index contributed by atoms with van der Waals surface area (Å²) in [6.45, 7) is 8.31. The summed E-state index contributed by atoms with van der Waals surface area (Å²) in [6.07, 6.45) is 3.46. The third-order valence-electron chi connectivity index (χ3n) is 4.40. The fourth-order valence-corrected chi connectivity index (χ4v) is 3.13. The minimum atomic E-state index is 0.744. The van der Waals surface area contributed by atoms with Crippen molar-refractivity contribution in [3.05, 3.63) is 23.8 Å². The van der Waals surface area contributed by atoms with Crippen LogP contribution >= 0.6 is 0 Å². The van der Waals surface area contributed by atoms with Gasteiger partial charge in [0, 0.05) is 26.2 Å². The van der Waals surface area contributed by atoms with Gasteiger partial charge in [0.1, 0.15) is 0 Å². The Morgan fingerprint density at radius 3 is 2.75 bits per heavy atom. The zero-order chi connectivity index (χ0) is 17.4. The van der Waals surface area contributed by atoms with E-state index in [-0.39, 0.29) is 0 Å². The Morgan fingerprint density at radius 1 is 1.29 bits per heavy atom. The lowest BCUT2D eigenvalue weighted by molar-refractivity contribution is 0.266. The van der Waals surface area contributed by atoms with Crippen LogP contribution < -0.4 is 14.8 Å². The molecule has 1 saturated heterocycles. The van der Waals surface area contributed by atoms with Gasteiger partial charge in [0.05, 0.1) is 14.2 Å². The lowest BCUT2D eigenvalue weighted by Gasteiger charge is -2.33. The van der Waals surface area contributed by atoms with Crippen molar-refractivity contribution in [1.29, 1.82) is 0 Å². The largest absolute Gasteiger partial charge is 0.493 e. The molecule has 1 fully saturated rings. The van der Waals surface area contributed by atoms with Crippen LogP contribution in [0.4, 0.5) is 0 Å². The fraction of sp³-hybridized carbons (Fsp3) is 0.632.